The normalized spacial score (nSPS) is 16.7. The molecule has 122 valence electrons. The van der Waals surface area contributed by atoms with E-state index in [1.54, 1.807) is 0 Å². The first-order valence-corrected chi connectivity index (χ1v) is 8.33. The molecule has 1 heterocycles. The highest BCUT2D eigenvalue weighted by Gasteiger charge is 2.23. The number of rotatable bonds is 4. The lowest BCUT2D eigenvalue weighted by molar-refractivity contribution is 0.0947. The van der Waals surface area contributed by atoms with Gasteiger partial charge in [-0.3, -0.25) is 4.79 Å². The van der Waals surface area contributed by atoms with Crippen LogP contribution >= 0.6 is 0 Å². The maximum atomic E-state index is 12.4. The molecule has 2 aromatic carbocycles. The highest BCUT2D eigenvalue weighted by atomic mass is 16.1. The summed E-state index contributed by atoms with van der Waals surface area (Å²) in [5.74, 6) is 3.06. The van der Waals surface area contributed by atoms with Crippen molar-refractivity contribution in [3.63, 3.8) is 0 Å². The molecule has 0 aliphatic carbocycles. The number of nitrogens with zero attached hydrogens (tertiary/aromatic N) is 1. The summed E-state index contributed by atoms with van der Waals surface area (Å²) in [5.41, 5.74) is 3.57. The highest BCUT2D eigenvalue weighted by Crippen LogP contribution is 2.23. The zero-order valence-electron chi connectivity index (χ0n) is 14.0. The number of nitrogens with one attached hydrogen (secondary N) is 1. The van der Waals surface area contributed by atoms with E-state index in [4.69, 9.17) is 6.42 Å². The van der Waals surface area contributed by atoms with E-state index in [9.17, 15) is 4.79 Å². The number of para-hydroxylation sites is 1. The molecule has 1 aliphatic heterocycles. The number of anilines is 1. The predicted octanol–water partition coefficient (Wildman–Crippen LogP) is 3.23. The van der Waals surface area contributed by atoms with Gasteiger partial charge in [-0.25, -0.2) is 0 Å². The standard InChI is InChI=1S/C21H22N2O/c1-3-18-8-7-11-20(16(18)2)21(24)22-14-17-12-13-23(15-17)19-9-5-4-6-10-19/h1,4-11,17H,12-15H2,2H3,(H,22,24). The Morgan fingerprint density at radius 1 is 1.25 bits per heavy atom. The third-order valence-corrected chi connectivity index (χ3v) is 4.69. The Kier molecular flexibility index (Phi) is 4.86. The lowest BCUT2D eigenvalue weighted by atomic mass is 10.0. The Labute approximate surface area is 143 Å². The number of hydrogen-bond acceptors (Lipinski definition) is 2. The molecule has 3 heteroatoms. The number of terminal acetylenes is 1. The second kappa shape index (κ2) is 7.23. The second-order valence-electron chi connectivity index (χ2n) is 6.27. The summed E-state index contributed by atoms with van der Waals surface area (Å²) in [7, 11) is 0. The molecule has 0 saturated carbocycles. The Morgan fingerprint density at radius 2 is 2.04 bits per heavy atom. The van der Waals surface area contributed by atoms with E-state index in [0.717, 1.165) is 30.6 Å². The van der Waals surface area contributed by atoms with Gasteiger partial charge in [-0.15, -0.1) is 6.42 Å². The molecule has 1 amide bonds. The van der Waals surface area contributed by atoms with Crippen molar-refractivity contribution in [2.45, 2.75) is 13.3 Å². The van der Waals surface area contributed by atoms with Gasteiger partial charge in [0.25, 0.3) is 5.91 Å². The van der Waals surface area contributed by atoms with Crippen molar-refractivity contribution in [2.75, 3.05) is 24.5 Å². The number of amides is 1. The summed E-state index contributed by atoms with van der Waals surface area (Å²) in [6, 6.07) is 16.0. The van der Waals surface area contributed by atoms with Crippen LogP contribution in [0.2, 0.25) is 0 Å². The lowest BCUT2D eigenvalue weighted by Crippen LogP contribution is -2.31. The first-order valence-electron chi connectivity index (χ1n) is 8.33. The first-order chi connectivity index (χ1) is 11.7. The number of carbonyl (C=O) groups excluding carboxylic acids is 1. The third-order valence-electron chi connectivity index (χ3n) is 4.69. The molecule has 2 aromatic rings. The molecular weight excluding hydrogens is 296 g/mol. The SMILES string of the molecule is C#Cc1cccc(C(=O)NCC2CCN(c3ccccc3)C2)c1C. The molecule has 1 fully saturated rings. The van der Waals surface area contributed by atoms with Gasteiger partial charge in [0.15, 0.2) is 0 Å². The van der Waals surface area contributed by atoms with Gasteiger partial charge in [0.1, 0.15) is 0 Å². The van der Waals surface area contributed by atoms with Crippen LogP contribution < -0.4 is 10.2 Å². The molecule has 0 bridgehead atoms. The molecule has 24 heavy (non-hydrogen) atoms. The Morgan fingerprint density at radius 3 is 2.79 bits per heavy atom. The molecular formula is C21H22N2O. The zero-order chi connectivity index (χ0) is 16.9. The van der Waals surface area contributed by atoms with Crippen LogP contribution in [0, 0.1) is 25.2 Å². The smallest absolute Gasteiger partial charge is 0.251 e. The van der Waals surface area contributed by atoms with Crippen LogP contribution in [0.1, 0.15) is 27.9 Å². The summed E-state index contributed by atoms with van der Waals surface area (Å²) in [6.07, 6.45) is 6.57. The van der Waals surface area contributed by atoms with Crippen molar-refractivity contribution in [1.82, 2.24) is 5.32 Å². The molecule has 0 aromatic heterocycles. The predicted molar refractivity (Wildman–Crippen MR) is 98.2 cm³/mol. The van der Waals surface area contributed by atoms with E-state index in [1.165, 1.54) is 5.69 Å². The topological polar surface area (TPSA) is 32.3 Å². The maximum Gasteiger partial charge on any atom is 0.251 e. The Bertz CT molecular complexity index is 761. The third kappa shape index (κ3) is 3.44. The van der Waals surface area contributed by atoms with Crippen LogP contribution in [0.5, 0.6) is 0 Å². The van der Waals surface area contributed by atoms with Crippen LogP contribution in [-0.2, 0) is 0 Å². The molecule has 3 nitrogen and oxygen atoms in total. The molecule has 1 atom stereocenters. The Balaban J connectivity index is 1.57. The van der Waals surface area contributed by atoms with Gasteiger partial charge in [0.2, 0.25) is 0 Å². The van der Waals surface area contributed by atoms with Crippen molar-refractivity contribution in [3.05, 3.63) is 65.2 Å². The average Bonchev–Trinajstić information content (AvgIpc) is 3.10. The Hall–Kier alpha value is -2.73. The van der Waals surface area contributed by atoms with Crippen molar-refractivity contribution in [1.29, 1.82) is 0 Å². The molecule has 0 radical (unpaired) electrons. The molecule has 1 unspecified atom stereocenters. The number of carbonyl (C=O) groups is 1. The number of benzene rings is 2. The average molecular weight is 318 g/mol. The minimum absolute atomic E-state index is 0.0391. The van der Waals surface area contributed by atoms with E-state index in [2.05, 4.69) is 40.4 Å². The van der Waals surface area contributed by atoms with E-state index in [-0.39, 0.29) is 5.91 Å². The number of hydrogen-bond donors (Lipinski definition) is 1. The fourth-order valence-electron chi connectivity index (χ4n) is 3.24. The zero-order valence-corrected chi connectivity index (χ0v) is 14.0. The highest BCUT2D eigenvalue weighted by molar-refractivity contribution is 5.96. The van der Waals surface area contributed by atoms with Gasteiger partial charge in [0.05, 0.1) is 0 Å². The summed E-state index contributed by atoms with van der Waals surface area (Å²) in [4.78, 5) is 14.8. The summed E-state index contributed by atoms with van der Waals surface area (Å²) < 4.78 is 0. The van der Waals surface area contributed by atoms with Gasteiger partial charge < -0.3 is 10.2 Å². The van der Waals surface area contributed by atoms with E-state index < -0.39 is 0 Å². The molecule has 1 saturated heterocycles. The van der Waals surface area contributed by atoms with Crippen molar-refractivity contribution in [2.24, 2.45) is 5.92 Å². The van der Waals surface area contributed by atoms with Crippen molar-refractivity contribution >= 4 is 11.6 Å². The van der Waals surface area contributed by atoms with E-state index >= 15 is 0 Å². The fraction of sp³-hybridized carbons (Fsp3) is 0.286. The van der Waals surface area contributed by atoms with E-state index in [1.807, 2.05) is 31.2 Å². The molecule has 3 rings (SSSR count). The maximum absolute atomic E-state index is 12.4. The molecule has 0 spiro atoms. The van der Waals surface area contributed by atoms with Crippen LogP contribution in [0.4, 0.5) is 5.69 Å². The van der Waals surface area contributed by atoms with Gasteiger partial charge in [-0.2, -0.15) is 0 Å². The van der Waals surface area contributed by atoms with Gasteiger partial charge in [0, 0.05) is 36.4 Å². The van der Waals surface area contributed by atoms with Gasteiger partial charge in [-0.05, 0) is 49.1 Å². The van der Waals surface area contributed by atoms with Crippen LogP contribution in [0.3, 0.4) is 0 Å². The fourth-order valence-corrected chi connectivity index (χ4v) is 3.24. The van der Waals surface area contributed by atoms with Gasteiger partial charge in [-0.1, -0.05) is 30.2 Å². The molecule has 1 aliphatic rings. The van der Waals surface area contributed by atoms with E-state index in [0.29, 0.717) is 18.0 Å². The minimum Gasteiger partial charge on any atom is -0.371 e. The summed E-state index contributed by atoms with van der Waals surface area (Å²) in [6.45, 7) is 4.61. The monoisotopic (exact) mass is 318 g/mol. The van der Waals surface area contributed by atoms with Crippen molar-refractivity contribution < 1.29 is 4.79 Å². The minimum atomic E-state index is -0.0391. The first kappa shape index (κ1) is 16.1. The molecule has 1 N–H and O–H groups in total. The quantitative estimate of drug-likeness (QED) is 0.878. The van der Waals surface area contributed by atoms with Crippen LogP contribution in [-0.4, -0.2) is 25.5 Å². The summed E-state index contributed by atoms with van der Waals surface area (Å²) >= 11 is 0. The summed E-state index contributed by atoms with van der Waals surface area (Å²) in [5, 5.41) is 3.07. The van der Waals surface area contributed by atoms with Gasteiger partial charge >= 0.3 is 0 Å². The second-order valence-corrected chi connectivity index (χ2v) is 6.27. The van der Waals surface area contributed by atoms with Crippen LogP contribution in [0.25, 0.3) is 0 Å². The largest absolute Gasteiger partial charge is 0.371 e. The van der Waals surface area contributed by atoms with Crippen molar-refractivity contribution in [3.8, 4) is 12.3 Å². The van der Waals surface area contributed by atoms with Crippen LogP contribution in [0.15, 0.2) is 48.5 Å². The lowest BCUT2D eigenvalue weighted by Gasteiger charge is -2.19.